The quantitative estimate of drug-likeness (QED) is 0.141. The van der Waals surface area contributed by atoms with E-state index in [-0.39, 0.29) is 28.1 Å². The standard InChI is InChI=1S/C37H60O6Si2/c1-36(2,3)44(7,8)41-24-17-22-32-35(38)34(43-45(9,10)37(4,5)6)26-33(40-28-30-20-15-12-16-21-30)31(42-32)23-25-39-27-29-18-13-11-14-19-29/h11-16,18-21,31-34H,17,22-28H2,1-10H3/t31-,32+,33+,34+/m0/s1. The van der Waals surface area contributed by atoms with E-state index in [1.54, 1.807) is 0 Å². The van der Waals surface area contributed by atoms with Crippen LogP contribution in [-0.4, -0.2) is 60.0 Å². The van der Waals surface area contributed by atoms with Crippen LogP contribution in [-0.2, 0) is 41.1 Å². The third kappa shape index (κ3) is 11.5. The van der Waals surface area contributed by atoms with Crippen LogP contribution in [0.1, 0.15) is 78.4 Å². The molecule has 4 atom stereocenters. The predicted octanol–water partition coefficient (Wildman–Crippen LogP) is 9.10. The average Bonchev–Trinajstić information content (AvgIpc) is 3.08. The zero-order chi connectivity index (χ0) is 33.3. The lowest BCUT2D eigenvalue weighted by Gasteiger charge is -2.39. The molecule has 0 aromatic heterocycles. The van der Waals surface area contributed by atoms with Crippen LogP contribution in [0.4, 0.5) is 0 Å². The van der Waals surface area contributed by atoms with Crippen molar-refractivity contribution in [3.05, 3.63) is 71.8 Å². The molecule has 0 aliphatic carbocycles. The van der Waals surface area contributed by atoms with Crippen molar-refractivity contribution in [2.75, 3.05) is 13.2 Å². The first kappa shape index (κ1) is 37.8. The van der Waals surface area contributed by atoms with Gasteiger partial charge in [0.05, 0.1) is 25.4 Å². The van der Waals surface area contributed by atoms with Gasteiger partial charge in [-0.15, -0.1) is 0 Å². The zero-order valence-electron chi connectivity index (χ0n) is 29.7. The van der Waals surface area contributed by atoms with Gasteiger partial charge in [-0.2, -0.15) is 0 Å². The monoisotopic (exact) mass is 656 g/mol. The van der Waals surface area contributed by atoms with Crippen molar-refractivity contribution in [3.8, 4) is 0 Å². The van der Waals surface area contributed by atoms with E-state index in [4.69, 9.17) is 23.1 Å². The Labute approximate surface area is 275 Å². The molecule has 0 bridgehead atoms. The summed E-state index contributed by atoms with van der Waals surface area (Å²) >= 11 is 0. The van der Waals surface area contributed by atoms with Crippen LogP contribution >= 0.6 is 0 Å². The topological polar surface area (TPSA) is 63.2 Å². The van der Waals surface area contributed by atoms with Gasteiger partial charge in [-0.05, 0) is 66.7 Å². The molecule has 0 saturated carbocycles. The van der Waals surface area contributed by atoms with E-state index in [0.29, 0.717) is 45.7 Å². The van der Waals surface area contributed by atoms with Crippen molar-refractivity contribution in [3.63, 3.8) is 0 Å². The molecule has 0 unspecified atom stereocenters. The predicted molar refractivity (Wildman–Crippen MR) is 188 cm³/mol. The minimum absolute atomic E-state index is 0.0297. The van der Waals surface area contributed by atoms with Crippen LogP contribution in [0.3, 0.4) is 0 Å². The van der Waals surface area contributed by atoms with Crippen molar-refractivity contribution in [1.82, 2.24) is 0 Å². The van der Waals surface area contributed by atoms with Gasteiger partial charge in [0.1, 0.15) is 12.2 Å². The summed E-state index contributed by atoms with van der Waals surface area (Å²) in [7, 11) is -4.14. The Morgan fingerprint density at radius 3 is 1.87 bits per heavy atom. The fourth-order valence-corrected chi connectivity index (χ4v) is 7.25. The van der Waals surface area contributed by atoms with E-state index in [9.17, 15) is 4.79 Å². The van der Waals surface area contributed by atoms with E-state index in [1.807, 2.05) is 36.4 Å². The summed E-state index contributed by atoms with van der Waals surface area (Å²) in [4.78, 5) is 14.2. The fourth-order valence-electron chi connectivity index (χ4n) is 4.88. The third-order valence-corrected chi connectivity index (χ3v) is 18.9. The molecule has 1 aliphatic rings. The number of carbonyl (C=O) groups is 1. The third-order valence-electron chi connectivity index (χ3n) is 9.92. The molecule has 45 heavy (non-hydrogen) atoms. The van der Waals surface area contributed by atoms with E-state index < -0.39 is 28.8 Å². The van der Waals surface area contributed by atoms with Crippen molar-refractivity contribution in [2.45, 2.75) is 141 Å². The largest absolute Gasteiger partial charge is 0.417 e. The van der Waals surface area contributed by atoms with E-state index in [1.165, 1.54) is 0 Å². The number of hydrogen-bond donors (Lipinski definition) is 0. The summed E-state index contributed by atoms with van der Waals surface area (Å²) in [5.41, 5.74) is 2.22. The van der Waals surface area contributed by atoms with Crippen LogP contribution < -0.4 is 0 Å². The SMILES string of the molecule is CC(C)(C)[Si](C)(C)OCCC[C@H]1O[C@@H](CCOCc2ccccc2)[C@H](OCc2ccccc2)C[C@@H](O[Si](C)(C)C(C)(C)C)C1=O. The molecular weight excluding hydrogens is 597 g/mol. The van der Waals surface area contributed by atoms with E-state index in [0.717, 1.165) is 17.5 Å². The number of carbonyl (C=O) groups excluding carboxylic acids is 1. The van der Waals surface area contributed by atoms with E-state index in [2.05, 4.69) is 92.0 Å². The highest BCUT2D eigenvalue weighted by atomic mass is 28.4. The first-order valence-electron chi connectivity index (χ1n) is 16.8. The maximum atomic E-state index is 14.2. The number of benzene rings is 2. The summed E-state index contributed by atoms with van der Waals surface area (Å²) < 4.78 is 32.8. The van der Waals surface area contributed by atoms with Crippen molar-refractivity contribution in [2.24, 2.45) is 0 Å². The van der Waals surface area contributed by atoms with Crippen LogP contribution in [0, 0.1) is 0 Å². The van der Waals surface area contributed by atoms with Gasteiger partial charge in [-0.25, -0.2) is 0 Å². The molecule has 0 spiro atoms. The Hall–Kier alpha value is -1.66. The van der Waals surface area contributed by atoms with Gasteiger partial charge in [-0.3, -0.25) is 4.79 Å². The van der Waals surface area contributed by atoms with Gasteiger partial charge < -0.3 is 23.1 Å². The molecule has 0 radical (unpaired) electrons. The smallest absolute Gasteiger partial charge is 0.193 e. The molecule has 1 saturated heterocycles. The minimum atomic E-state index is -2.25. The maximum absolute atomic E-state index is 14.2. The Bertz CT molecular complexity index is 1160. The van der Waals surface area contributed by atoms with Gasteiger partial charge in [0.25, 0.3) is 0 Å². The minimum Gasteiger partial charge on any atom is -0.417 e. The maximum Gasteiger partial charge on any atom is 0.193 e. The second kappa shape index (κ2) is 16.4. The summed E-state index contributed by atoms with van der Waals surface area (Å²) in [6.07, 6.45) is 0.688. The molecule has 252 valence electrons. The molecule has 0 amide bonds. The zero-order valence-corrected chi connectivity index (χ0v) is 31.7. The first-order valence-corrected chi connectivity index (χ1v) is 22.6. The Kier molecular flexibility index (Phi) is 13.8. The lowest BCUT2D eigenvalue weighted by Crippen LogP contribution is -2.48. The molecule has 0 N–H and O–H groups in total. The summed E-state index contributed by atoms with van der Waals surface area (Å²) in [6, 6.07) is 20.4. The van der Waals surface area contributed by atoms with Crippen molar-refractivity contribution < 1.29 is 27.9 Å². The number of Topliss-reactive ketones (excluding diaryl/α,β-unsaturated/α-hetero) is 1. The van der Waals surface area contributed by atoms with Crippen molar-refractivity contribution >= 4 is 22.4 Å². The summed E-state index contributed by atoms with van der Waals surface area (Å²) in [5, 5.41) is 0.107. The van der Waals surface area contributed by atoms with Gasteiger partial charge >= 0.3 is 0 Å². The molecule has 3 rings (SSSR count). The molecule has 1 aliphatic heterocycles. The second-order valence-corrected chi connectivity index (χ2v) is 25.1. The average molecular weight is 657 g/mol. The fraction of sp³-hybridized carbons (Fsp3) is 0.649. The number of hydrogen-bond acceptors (Lipinski definition) is 6. The van der Waals surface area contributed by atoms with Crippen LogP contribution in [0.2, 0.25) is 36.3 Å². The molecule has 8 heteroatoms. The normalized spacial score (nSPS) is 22.0. The highest BCUT2D eigenvalue weighted by Crippen LogP contribution is 2.40. The first-order chi connectivity index (χ1) is 21.0. The van der Waals surface area contributed by atoms with Gasteiger partial charge in [-0.1, -0.05) is 102 Å². The summed E-state index contributed by atoms with van der Waals surface area (Å²) in [5.74, 6) is 0.0353. The van der Waals surface area contributed by atoms with Gasteiger partial charge in [0.2, 0.25) is 0 Å². The van der Waals surface area contributed by atoms with Gasteiger partial charge in [0, 0.05) is 19.6 Å². The molecule has 2 aromatic rings. The Morgan fingerprint density at radius 2 is 1.31 bits per heavy atom. The molecular formula is C37H60O6Si2. The van der Waals surface area contributed by atoms with Crippen LogP contribution in [0.25, 0.3) is 0 Å². The molecule has 2 aromatic carbocycles. The summed E-state index contributed by atoms with van der Waals surface area (Å²) in [6.45, 7) is 24.5. The van der Waals surface area contributed by atoms with Crippen molar-refractivity contribution in [1.29, 1.82) is 0 Å². The van der Waals surface area contributed by atoms with Crippen LogP contribution in [0.15, 0.2) is 60.7 Å². The number of ketones is 1. The highest BCUT2D eigenvalue weighted by molar-refractivity contribution is 6.74. The lowest BCUT2D eigenvalue weighted by molar-refractivity contribution is -0.142. The number of rotatable bonds is 15. The lowest BCUT2D eigenvalue weighted by atomic mass is 10.0. The number of ether oxygens (including phenoxy) is 3. The molecule has 6 nitrogen and oxygen atoms in total. The Morgan fingerprint density at radius 1 is 0.756 bits per heavy atom. The highest BCUT2D eigenvalue weighted by Gasteiger charge is 2.46. The van der Waals surface area contributed by atoms with Crippen LogP contribution in [0.5, 0.6) is 0 Å². The molecule has 1 fully saturated rings. The second-order valence-electron chi connectivity index (χ2n) is 15.6. The van der Waals surface area contributed by atoms with E-state index >= 15 is 0 Å². The van der Waals surface area contributed by atoms with Gasteiger partial charge in [0.15, 0.2) is 22.4 Å². The Balaban J connectivity index is 1.81. The molecule has 1 heterocycles.